The molecule has 0 aliphatic rings. The van der Waals surface area contributed by atoms with Crippen LogP contribution in [-0.4, -0.2) is 23.9 Å². The average Bonchev–Trinajstić information content (AvgIpc) is 2.93. The van der Waals surface area contributed by atoms with Crippen molar-refractivity contribution in [3.8, 4) is 0 Å². The minimum Gasteiger partial charge on any atom is -0.468 e. The number of rotatable bonds is 5. The molecule has 0 aliphatic heterocycles. The molecule has 1 amide bonds. The molecule has 0 saturated heterocycles. The Morgan fingerprint density at radius 3 is 2.81 bits per heavy atom. The van der Waals surface area contributed by atoms with Gasteiger partial charge in [0.05, 0.1) is 24.5 Å². The molecule has 112 valence electrons. The van der Waals surface area contributed by atoms with Crippen molar-refractivity contribution in [3.63, 3.8) is 0 Å². The minimum atomic E-state index is -0.261. The molecule has 1 aromatic heterocycles. The Balaban J connectivity index is 1.98. The van der Waals surface area contributed by atoms with E-state index in [1.54, 1.807) is 6.26 Å². The van der Waals surface area contributed by atoms with E-state index in [0.717, 1.165) is 21.5 Å². The SMILES string of the molecule is Cc1ccc(NC(=O)C(C)N(C)Cc2ccco2)c(Br)c1. The van der Waals surface area contributed by atoms with Crippen LogP contribution in [0.5, 0.6) is 0 Å². The minimum absolute atomic E-state index is 0.0476. The lowest BCUT2D eigenvalue weighted by molar-refractivity contribution is -0.120. The number of carbonyl (C=O) groups is 1. The van der Waals surface area contributed by atoms with E-state index in [0.29, 0.717) is 6.54 Å². The number of furan rings is 1. The summed E-state index contributed by atoms with van der Waals surface area (Å²) in [5.41, 5.74) is 1.92. The fourth-order valence-electron chi connectivity index (χ4n) is 1.94. The molecule has 0 aliphatic carbocycles. The summed E-state index contributed by atoms with van der Waals surface area (Å²) in [6.07, 6.45) is 1.64. The summed E-state index contributed by atoms with van der Waals surface area (Å²) in [5, 5.41) is 2.94. The number of benzene rings is 1. The summed E-state index contributed by atoms with van der Waals surface area (Å²) in [6.45, 7) is 4.48. The van der Waals surface area contributed by atoms with Crippen molar-refractivity contribution in [2.75, 3.05) is 12.4 Å². The average molecular weight is 351 g/mol. The molecule has 0 saturated carbocycles. The van der Waals surface area contributed by atoms with Crippen LogP contribution in [0.15, 0.2) is 45.5 Å². The van der Waals surface area contributed by atoms with Crippen molar-refractivity contribution >= 4 is 27.5 Å². The second-order valence-electron chi connectivity index (χ2n) is 5.14. The van der Waals surface area contributed by atoms with Gasteiger partial charge in [-0.1, -0.05) is 6.07 Å². The third-order valence-electron chi connectivity index (χ3n) is 3.41. The van der Waals surface area contributed by atoms with Crippen molar-refractivity contribution in [1.82, 2.24) is 4.90 Å². The molecule has 1 unspecified atom stereocenters. The number of amides is 1. The van der Waals surface area contributed by atoms with Gasteiger partial charge in [-0.2, -0.15) is 0 Å². The van der Waals surface area contributed by atoms with E-state index in [2.05, 4.69) is 21.2 Å². The van der Waals surface area contributed by atoms with E-state index in [4.69, 9.17) is 4.42 Å². The molecule has 21 heavy (non-hydrogen) atoms. The molecule has 5 heteroatoms. The van der Waals surface area contributed by atoms with Crippen LogP contribution in [0, 0.1) is 6.92 Å². The summed E-state index contributed by atoms with van der Waals surface area (Å²) in [4.78, 5) is 14.3. The van der Waals surface area contributed by atoms with Gasteiger partial charge >= 0.3 is 0 Å². The van der Waals surface area contributed by atoms with Gasteiger partial charge in [-0.3, -0.25) is 9.69 Å². The Labute approximate surface area is 133 Å². The van der Waals surface area contributed by atoms with Gasteiger partial charge in [-0.25, -0.2) is 0 Å². The normalized spacial score (nSPS) is 12.4. The fraction of sp³-hybridized carbons (Fsp3) is 0.312. The number of halogens is 1. The predicted octanol–water partition coefficient (Wildman–Crippen LogP) is 3.81. The topological polar surface area (TPSA) is 45.5 Å². The Kier molecular flexibility index (Phi) is 5.20. The first kappa shape index (κ1) is 15.8. The van der Waals surface area contributed by atoms with Gasteiger partial charge in [0.15, 0.2) is 0 Å². The second-order valence-corrected chi connectivity index (χ2v) is 6.00. The van der Waals surface area contributed by atoms with Gasteiger partial charge in [0.1, 0.15) is 5.76 Å². The van der Waals surface area contributed by atoms with Crippen LogP contribution in [0.2, 0.25) is 0 Å². The lowest BCUT2D eigenvalue weighted by Crippen LogP contribution is -2.39. The molecule has 1 atom stereocenters. The van der Waals surface area contributed by atoms with Crippen LogP contribution in [0.4, 0.5) is 5.69 Å². The highest BCUT2D eigenvalue weighted by Gasteiger charge is 2.19. The summed E-state index contributed by atoms with van der Waals surface area (Å²) < 4.78 is 6.19. The Morgan fingerprint density at radius 1 is 1.43 bits per heavy atom. The molecule has 4 nitrogen and oxygen atoms in total. The maximum absolute atomic E-state index is 12.3. The standard InChI is InChI=1S/C16H19BrN2O2/c1-11-6-7-15(14(17)9-11)18-16(20)12(2)19(3)10-13-5-4-8-21-13/h4-9,12H,10H2,1-3H3,(H,18,20). The maximum Gasteiger partial charge on any atom is 0.241 e. The number of carbonyl (C=O) groups excluding carboxylic acids is 1. The highest BCUT2D eigenvalue weighted by atomic mass is 79.9. The van der Waals surface area contributed by atoms with Gasteiger partial charge in [0.25, 0.3) is 0 Å². The lowest BCUT2D eigenvalue weighted by Gasteiger charge is -2.23. The van der Waals surface area contributed by atoms with Crippen molar-refractivity contribution in [3.05, 3.63) is 52.4 Å². The van der Waals surface area contributed by atoms with Crippen molar-refractivity contribution in [2.24, 2.45) is 0 Å². The molecule has 1 aromatic carbocycles. The smallest absolute Gasteiger partial charge is 0.241 e. The van der Waals surface area contributed by atoms with Gasteiger partial charge in [-0.15, -0.1) is 0 Å². The highest BCUT2D eigenvalue weighted by Crippen LogP contribution is 2.23. The first-order chi connectivity index (χ1) is 9.97. The van der Waals surface area contributed by atoms with E-state index in [-0.39, 0.29) is 11.9 Å². The van der Waals surface area contributed by atoms with E-state index in [9.17, 15) is 4.79 Å². The quantitative estimate of drug-likeness (QED) is 0.891. The number of hydrogen-bond donors (Lipinski definition) is 1. The second kappa shape index (κ2) is 6.91. The predicted molar refractivity (Wildman–Crippen MR) is 87.1 cm³/mol. The van der Waals surface area contributed by atoms with Crippen LogP contribution in [0.25, 0.3) is 0 Å². The van der Waals surface area contributed by atoms with Gasteiger partial charge in [0, 0.05) is 4.47 Å². The molecule has 0 spiro atoms. The van der Waals surface area contributed by atoms with Crippen LogP contribution in [-0.2, 0) is 11.3 Å². The largest absolute Gasteiger partial charge is 0.468 e. The number of hydrogen-bond acceptors (Lipinski definition) is 3. The van der Waals surface area contributed by atoms with E-state index in [1.165, 1.54) is 0 Å². The third kappa shape index (κ3) is 4.19. The van der Waals surface area contributed by atoms with Crippen LogP contribution in [0.3, 0.4) is 0 Å². The van der Waals surface area contributed by atoms with E-state index >= 15 is 0 Å². The zero-order valence-electron chi connectivity index (χ0n) is 12.4. The van der Waals surface area contributed by atoms with Crippen LogP contribution in [0.1, 0.15) is 18.2 Å². The summed E-state index contributed by atoms with van der Waals surface area (Å²) in [5.74, 6) is 0.794. The molecule has 0 radical (unpaired) electrons. The molecular weight excluding hydrogens is 332 g/mol. The van der Waals surface area contributed by atoms with E-state index < -0.39 is 0 Å². The number of nitrogens with zero attached hydrogens (tertiary/aromatic N) is 1. The first-order valence-corrected chi connectivity index (χ1v) is 7.56. The summed E-state index contributed by atoms with van der Waals surface area (Å²) in [7, 11) is 1.90. The highest BCUT2D eigenvalue weighted by molar-refractivity contribution is 9.10. The first-order valence-electron chi connectivity index (χ1n) is 6.77. The number of likely N-dealkylation sites (N-methyl/N-ethyl adjacent to an activating group) is 1. The summed E-state index contributed by atoms with van der Waals surface area (Å²) in [6, 6.07) is 9.33. The van der Waals surface area contributed by atoms with Crippen molar-refractivity contribution in [2.45, 2.75) is 26.4 Å². The van der Waals surface area contributed by atoms with Crippen LogP contribution < -0.4 is 5.32 Å². The fourth-order valence-corrected chi connectivity index (χ4v) is 2.54. The van der Waals surface area contributed by atoms with Gasteiger partial charge < -0.3 is 9.73 Å². The number of aryl methyl sites for hydroxylation is 1. The molecule has 1 heterocycles. The van der Waals surface area contributed by atoms with Crippen molar-refractivity contribution in [1.29, 1.82) is 0 Å². The summed E-state index contributed by atoms with van der Waals surface area (Å²) >= 11 is 3.47. The van der Waals surface area contributed by atoms with Gasteiger partial charge in [-0.05, 0) is 66.7 Å². The molecular formula is C16H19BrN2O2. The molecule has 0 fully saturated rings. The van der Waals surface area contributed by atoms with Crippen LogP contribution >= 0.6 is 15.9 Å². The monoisotopic (exact) mass is 350 g/mol. The lowest BCUT2D eigenvalue weighted by atomic mass is 10.2. The molecule has 2 aromatic rings. The Hall–Kier alpha value is -1.59. The van der Waals surface area contributed by atoms with Gasteiger partial charge in [0.2, 0.25) is 5.91 Å². The molecule has 1 N–H and O–H groups in total. The van der Waals surface area contributed by atoms with E-state index in [1.807, 2.05) is 56.1 Å². The maximum atomic E-state index is 12.3. The van der Waals surface area contributed by atoms with Crippen molar-refractivity contribution < 1.29 is 9.21 Å². The number of anilines is 1. The Bertz CT molecular complexity index is 611. The zero-order chi connectivity index (χ0) is 15.4. The number of nitrogens with one attached hydrogen (secondary N) is 1. The molecule has 0 bridgehead atoms. The Morgan fingerprint density at radius 2 is 2.19 bits per heavy atom. The third-order valence-corrected chi connectivity index (χ3v) is 4.06. The molecule has 2 rings (SSSR count). The zero-order valence-corrected chi connectivity index (χ0v) is 14.0.